The van der Waals surface area contributed by atoms with Gasteiger partial charge in [0.05, 0.1) is 16.3 Å². The average Bonchev–Trinajstić information content (AvgIpc) is 3.19. The van der Waals surface area contributed by atoms with E-state index in [2.05, 4.69) is 14.8 Å². The zero-order valence-corrected chi connectivity index (χ0v) is 18.5. The van der Waals surface area contributed by atoms with Crippen LogP contribution in [0.3, 0.4) is 0 Å². The Morgan fingerprint density at radius 2 is 1.94 bits per heavy atom. The lowest BCUT2D eigenvalue weighted by molar-refractivity contribution is 0.0732. The molecule has 0 unspecified atom stereocenters. The largest absolute Gasteiger partial charge is 0.334 e. The summed E-state index contributed by atoms with van der Waals surface area (Å²) in [4.78, 5) is 19.1. The Labute approximate surface area is 189 Å². The van der Waals surface area contributed by atoms with E-state index in [1.54, 1.807) is 29.3 Å². The minimum atomic E-state index is -3.99. The molecular weight excluding hydrogens is 445 g/mol. The van der Waals surface area contributed by atoms with Crippen molar-refractivity contribution in [3.8, 4) is 0 Å². The van der Waals surface area contributed by atoms with Crippen LogP contribution in [-0.4, -0.2) is 40.4 Å². The topological polar surface area (TPSA) is 96.7 Å². The smallest absolute Gasteiger partial charge is 0.261 e. The van der Waals surface area contributed by atoms with Crippen LogP contribution in [0.4, 0.5) is 10.1 Å². The van der Waals surface area contributed by atoms with Gasteiger partial charge in [0, 0.05) is 48.6 Å². The third-order valence-electron chi connectivity index (χ3n) is 5.53. The van der Waals surface area contributed by atoms with E-state index in [1.165, 1.54) is 24.3 Å². The van der Waals surface area contributed by atoms with E-state index in [4.69, 9.17) is 0 Å². The molecule has 2 aromatic carbocycles. The summed E-state index contributed by atoms with van der Waals surface area (Å²) in [5, 5.41) is 4.49. The van der Waals surface area contributed by atoms with Crippen LogP contribution in [0.15, 0.2) is 65.7 Å². The maximum Gasteiger partial charge on any atom is 0.261 e. The number of sulfonamides is 1. The van der Waals surface area contributed by atoms with Gasteiger partial charge in [0.25, 0.3) is 15.9 Å². The standard InChI is InChI=1S/C23H20FN5O3S/c1-15-10-22-25-13-17-14-28(9-8-21(17)29(22)26-15)23(30)16-4-2-6-19(11-16)27-33(31,32)20-7-3-5-18(24)12-20/h2-7,10-13,27H,8-9,14H2,1H3. The zero-order valence-electron chi connectivity index (χ0n) is 17.7. The second-order valence-corrected chi connectivity index (χ2v) is 9.59. The van der Waals surface area contributed by atoms with Crippen molar-refractivity contribution in [3.63, 3.8) is 0 Å². The van der Waals surface area contributed by atoms with Gasteiger partial charge in [-0.1, -0.05) is 12.1 Å². The van der Waals surface area contributed by atoms with Gasteiger partial charge in [0.1, 0.15) is 5.82 Å². The van der Waals surface area contributed by atoms with Crippen LogP contribution in [0.1, 0.15) is 27.3 Å². The maximum atomic E-state index is 13.5. The number of hydrogen-bond donors (Lipinski definition) is 1. The van der Waals surface area contributed by atoms with Gasteiger partial charge in [-0.15, -0.1) is 0 Å². The van der Waals surface area contributed by atoms with Crippen molar-refractivity contribution in [2.75, 3.05) is 11.3 Å². The van der Waals surface area contributed by atoms with E-state index < -0.39 is 15.8 Å². The zero-order chi connectivity index (χ0) is 23.2. The second kappa shape index (κ2) is 7.96. The number of carbonyl (C=O) groups is 1. The highest BCUT2D eigenvalue weighted by molar-refractivity contribution is 7.92. The third kappa shape index (κ3) is 4.05. The normalized spacial score (nSPS) is 13.7. The van der Waals surface area contributed by atoms with Crippen LogP contribution in [0.2, 0.25) is 0 Å². The van der Waals surface area contributed by atoms with Gasteiger partial charge in [-0.3, -0.25) is 9.52 Å². The summed E-state index contributed by atoms with van der Waals surface area (Å²) < 4.78 is 42.9. The SMILES string of the molecule is Cc1cc2ncc3c(n2n1)CCN(C(=O)c1cccc(NS(=O)(=O)c2cccc(F)c2)c1)C3. The fourth-order valence-corrected chi connectivity index (χ4v) is 5.06. The number of aromatic nitrogens is 3. The number of benzene rings is 2. The van der Waals surface area contributed by atoms with E-state index in [9.17, 15) is 17.6 Å². The van der Waals surface area contributed by atoms with Gasteiger partial charge < -0.3 is 4.90 Å². The molecule has 8 nitrogen and oxygen atoms in total. The van der Waals surface area contributed by atoms with Crippen molar-refractivity contribution in [1.29, 1.82) is 0 Å². The summed E-state index contributed by atoms with van der Waals surface area (Å²) >= 11 is 0. The molecule has 10 heteroatoms. The number of carbonyl (C=O) groups excluding carboxylic acids is 1. The second-order valence-electron chi connectivity index (χ2n) is 7.91. The van der Waals surface area contributed by atoms with Crippen LogP contribution in [0, 0.1) is 12.7 Å². The highest BCUT2D eigenvalue weighted by Crippen LogP contribution is 2.23. The first-order valence-corrected chi connectivity index (χ1v) is 11.8. The molecule has 0 fully saturated rings. The van der Waals surface area contributed by atoms with E-state index in [-0.39, 0.29) is 16.5 Å². The molecule has 1 amide bonds. The molecule has 0 aliphatic carbocycles. The van der Waals surface area contributed by atoms with Gasteiger partial charge in [-0.2, -0.15) is 5.10 Å². The van der Waals surface area contributed by atoms with Crippen molar-refractivity contribution in [2.24, 2.45) is 0 Å². The summed E-state index contributed by atoms with van der Waals surface area (Å²) in [5.41, 5.74) is 4.19. The number of amides is 1. The number of aryl methyl sites for hydroxylation is 1. The number of nitrogens with one attached hydrogen (secondary N) is 1. The molecule has 0 saturated carbocycles. The van der Waals surface area contributed by atoms with E-state index in [0.717, 1.165) is 28.7 Å². The summed E-state index contributed by atoms with van der Waals surface area (Å²) in [5.74, 6) is -0.867. The number of halogens is 1. The molecule has 168 valence electrons. The first kappa shape index (κ1) is 21.1. The van der Waals surface area contributed by atoms with Crippen LogP contribution >= 0.6 is 0 Å². The van der Waals surface area contributed by atoms with Crippen molar-refractivity contribution in [1.82, 2.24) is 19.5 Å². The summed E-state index contributed by atoms with van der Waals surface area (Å²) in [7, 11) is -3.99. The fourth-order valence-electron chi connectivity index (χ4n) is 3.97. The predicted molar refractivity (Wildman–Crippen MR) is 120 cm³/mol. The number of rotatable bonds is 4. The van der Waals surface area contributed by atoms with E-state index >= 15 is 0 Å². The number of hydrogen-bond acceptors (Lipinski definition) is 5. The molecule has 0 saturated heterocycles. The molecule has 5 rings (SSSR count). The minimum absolute atomic E-state index is 0.195. The summed E-state index contributed by atoms with van der Waals surface area (Å²) in [6, 6.07) is 12.9. The molecular formula is C23H20FN5O3S. The van der Waals surface area contributed by atoms with Crippen molar-refractivity contribution >= 4 is 27.3 Å². The Bertz CT molecular complexity index is 1500. The number of nitrogens with zero attached hydrogens (tertiary/aromatic N) is 4. The molecule has 0 bridgehead atoms. The Morgan fingerprint density at radius 3 is 2.76 bits per heavy atom. The Hall–Kier alpha value is -3.79. The lowest BCUT2D eigenvalue weighted by Gasteiger charge is -2.29. The van der Waals surface area contributed by atoms with Gasteiger partial charge in [-0.05, 0) is 43.3 Å². The van der Waals surface area contributed by atoms with Crippen LogP contribution in [0.5, 0.6) is 0 Å². The molecule has 0 spiro atoms. The van der Waals surface area contributed by atoms with Gasteiger partial charge in [0.2, 0.25) is 0 Å². The molecule has 0 radical (unpaired) electrons. The summed E-state index contributed by atoms with van der Waals surface area (Å²) in [6.07, 6.45) is 2.40. The lowest BCUT2D eigenvalue weighted by Crippen LogP contribution is -2.37. The van der Waals surface area contributed by atoms with Crippen molar-refractivity contribution in [2.45, 2.75) is 24.8 Å². The van der Waals surface area contributed by atoms with Crippen LogP contribution in [0.25, 0.3) is 5.65 Å². The molecule has 3 heterocycles. The quantitative estimate of drug-likeness (QED) is 0.499. The number of anilines is 1. The Morgan fingerprint density at radius 1 is 1.12 bits per heavy atom. The maximum absolute atomic E-state index is 13.5. The minimum Gasteiger partial charge on any atom is -0.334 e. The first-order valence-electron chi connectivity index (χ1n) is 10.3. The Kier molecular flexibility index (Phi) is 5.09. The molecule has 4 aromatic rings. The van der Waals surface area contributed by atoms with Gasteiger partial charge >= 0.3 is 0 Å². The summed E-state index contributed by atoms with van der Waals surface area (Å²) in [6.45, 7) is 2.80. The molecule has 1 aliphatic rings. The van der Waals surface area contributed by atoms with Crippen molar-refractivity contribution in [3.05, 3.63) is 89.1 Å². The number of fused-ring (bicyclic) bond motifs is 3. The van der Waals surface area contributed by atoms with Gasteiger partial charge in [0.15, 0.2) is 5.65 Å². The monoisotopic (exact) mass is 465 g/mol. The van der Waals surface area contributed by atoms with E-state index in [0.29, 0.717) is 25.1 Å². The van der Waals surface area contributed by atoms with Crippen LogP contribution < -0.4 is 4.72 Å². The molecule has 0 atom stereocenters. The molecule has 2 aromatic heterocycles. The van der Waals surface area contributed by atoms with E-state index in [1.807, 2.05) is 17.5 Å². The van der Waals surface area contributed by atoms with Crippen LogP contribution in [-0.2, 0) is 23.0 Å². The molecule has 1 aliphatic heterocycles. The first-order chi connectivity index (χ1) is 15.8. The molecule has 33 heavy (non-hydrogen) atoms. The predicted octanol–water partition coefficient (Wildman–Crippen LogP) is 3.18. The highest BCUT2D eigenvalue weighted by Gasteiger charge is 2.25. The average molecular weight is 466 g/mol. The Balaban J connectivity index is 1.37. The highest BCUT2D eigenvalue weighted by atomic mass is 32.2. The fraction of sp³-hybridized carbons (Fsp3) is 0.174. The lowest BCUT2D eigenvalue weighted by atomic mass is 10.1. The van der Waals surface area contributed by atoms with Crippen molar-refractivity contribution < 1.29 is 17.6 Å². The van der Waals surface area contributed by atoms with Gasteiger partial charge in [-0.25, -0.2) is 22.3 Å². The molecule has 1 N–H and O–H groups in total. The third-order valence-corrected chi connectivity index (χ3v) is 6.91.